The van der Waals surface area contributed by atoms with Gasteiger partial charge in [0.1, 0.15) is 5.25 Å². The van der Waals surface area contributed by atoms with Crippen LogP contribution in [0.25, 0.3) is 0 Å². The van der Waals surface area contributed by atoms with Crippen molar-refractivity contribution in [3.63, 3.8) is 0 Å². The number of hydrogen-bond acceptors (Lipinski definition) is 5. The number of sulfonamides is 1. The zero-order chi connectivity index (χ0) is 17.7. The molecule has 1 fully saturated rings. The Kier molecular flexibility index (Phi) is 5.45. The third-order valence-corrected chi connectivity index (χ3v) is 6.10. The topological polar surface area (TPSA) is 91.1 Å². The van der Waals surface area contributed by atoms with Gasteiger partial charge >= 0.3 is 0 Å². The van der Waals surface area contributed by atoms with Crippen LogP contribution in [0.15, 0.2) is 64.8 Å². The van der Waals surface area contributed by atoms with Gasteiger partial charge in [0.15, 0.2) is 0 Å². The molecule has 2 aromatic rings. The third kappa shape index (κ3) is 4.64. The van der Waals surface area contributed by atoms with Crippen molar-refractivity contribution < 1.29 is 13.5 Å². The quantitative estimate of drug-likeness (QED) is 0.786. The Labute approximate surface area is 147 Å². The van der Waals surface area contributed by atoms with Crippen LogP contribution in [-0.2, 0) is 10.0 Å². The van der Waals surface area contributed by atoms with E-state index < -0.39 is 21.4 Å². The lowest BCUT2D eigenvalue weighted by Crippen LogP contribution is -2.40. The second-order valence-electron chi connectivity index (χ2n) is 6.12. The number of rotatable bonds is 5. The maximum atomic E-state index is 12.4. The molecule has 0 heterocycles. The summed E-state index contributed by atoms with van der Waals surface area (Å²) in [5.41, 5.74) is 1.83. The van der Waals surface area contributed by atoms with Gasteiger partial charge in [-0.15, -0.1) is 0 Å². The molecule has 0 spiro atoms. The molecule has 0 radical (unpaired) electrons. The number of nitrogens with one attached hydrogen (secondary N) is 1. The summed E-state index contributed by atoms with van der Waals surface area (Å²) in [5.74, 6) is 0. The smallest absolute Gasteiger partial charge is 0.238 e. The maximum Gasteiger partial charge on any atom is 0.238 e. The second-order valence-corrected chi connectivity index (χ2v) is 8.02. The molecule has 2 unspecified atom stereocenters. The SMILES string of the molecule is O=S(=O)(Nc1ccc(N=Nc2ccccc2)cc1)C1CCCCC1O. The van der Waals surface area contributed by atoms with Crippen molar-refractivity contribution in [2.45, 2.75) is 37.0 Å². The van der Waals surface area contributed by atoms with Crippen molar-refractivity contribution in [3.8, 4) is 0 Å². The molecule has 132 valence electrons. The summed E-state index contributed by atoms with van der Waals surface area (Å²) in [7, 11) is -3.61. The number of anilines is 1. The highest BCUT2D eigenvalue weighted by Crippen LogP contribution is 2.27. The van der Waals surface area contributed by atoms with Gasteiger partial charge in [0.2, 0.25) is 10.0 Å². The van der Waals surface area contributed by atoms with Gasteiger partial charge in [0.05, 0.1) is 17.5 Å². The maximum absolute atomic E-state index is 12.4. The zero-order valence-electron chi connectivity index (χ0n) is 13.7. The molecular weight excluding hydrogens is 338 g/mol. The summed E-state index contributed by atoms with van der Waals surface area (Å²) in [4.78, 5) is 0. The van der Waals surface area contributed by atoms with Crippen molar-refractivity contribution >= 4 is 27.1 Å². The van der Waals surface area contributed by atoms with Gasteiger partial charge in [0.25, 0.3) is 0 Å². The van der Waals surface area contributed by atoms with Gasteiger partial charge in [-0.25, -0.2) is 8.42 Å². The molecule has 25 heavy (non-hydrogen) atoms. The van der Waals surface area contributed by atoms with Crippen LogP contribution in [0.5, 0.6) is 0 Å². The fraction of sp³-hybridized carbons (Fsp3) is 0.333. The van der Waals surface area contributed by atoms with Gasteiger partial charge in [0, 0.05) is 5.69 Å². The van der Waals surface area contributed by atoms with Crippen LogP contribution in [0, 0.1) is 0 Å². The number of aliphatic hydroxyl groups excluding tert-OH is 1. The molecule has 0 aliphatic heterocycles. The molecule has 0 bridgehead atoms. The average molecular weight is 359 g/mol. The van der Waals surface area contributed by atoms with E-state index >= 15 is 0 Å². The van der Waals surface area contributed by atoms with Crippen LogP contribution in [0.1, 0.15) is 25.7 Å². The molecular formula is C18H21N3O3S. The molecule has 0 amide bonds. The third-order valence-electron chi connectivity index (χ3n) is 4.23. The van der Waals surface area contributed by atoms with Crippen LogP contribution in [0.3, 0.4) is 0 Å². The summed E-state index contributed by atoms with van der Waals surface area (Å²) in [6.45, 7) is 0. The van der Waals surface area contributed by atoms with Crippen molar-refractivity contribution in [1.82, 2.24) is 0 Å². The van der Waals surface area contributed by atoms with Crippen LogP contribution in [0.2, 0.25) is 0 Å². The number of hydrogen-bond donors (Lipinski definition) is 2. The van der Waals surface area contributed by atoms with Gasteiger partial charge in [-0.1, -0.05) is 31.0 Å². The van der Waals surface area contributed by atoms with Crippen molar-refractivity contribution in [1.29, 1.82) is 0 Å². The Balaban J connectivity index is 1.67. The molecule has 1 aliphatic carbocycles. The van der Waals surface area contributed by atoms with Crippen LogP contribution in [-0.4, -0.2) is 24.9 Å². The van der Waals surface area contributed by atoms with Gasteiger partial charge in [-0.3, -0.25) is 4.72 Å². The van der Waals surface area contributed by atoms with E-state index in [1.165, 1.54) is 0 Å². The number of aliphatic hydroxyl groups is 1. The predicted molar refractivity (Wildman–Crippen MR) is 97.9 cm³/mol. The molecule has 2 aromatic carbocycles. The molecule has 2 atom stereocenters. The standard InChI is InChI=1S/C18H21N3O3S/c22-17-8-4-5-9-18(17)25(23,24)21-16-12-10-15(11-13-16)20-19-14-6-2-1-3-7-14/h1-3,6-7,10-13,17-18,21-22H,4-5,8-9H2. The second kappa shape index (κ2) is 7.76. The summed E-state index contributed by atoms with van der Waals surface area (Å²) < 4.78 is 27.5. The summed E-state index contributed by atoms with van der Waals surface area (Å²) in [6.07, 6.45) is 1.91. The summed E-state index contributed by atoms with van der Waals surface area (Å²) in [5, 5.41) is 17.4. The lowest BCUT2D eigenvalue weighted by molar-refractivity contribution is 0.133. The van der Waals surface area contributed by atoms with Gasteiger partial charge < -0.3 is 5.11 Å². The highest BCUT2D eigenvalue weighted by Gasteiger charge is 2.34. The average Bonchev–Trinajstić information content (AvgIpc) is 2.62. The molecule has 3 rings (SSSR count). The minimum absolute atomic E-state index is 0.455. The van der Waals surface area contributed by atoms with E-state index in [0.29, 0.717) is 24.2 Å². The van der Waals surface area contributed by atoms with E-state index in [-0.39, 0.29) is 0 Å². The van der Waals surface area contributed by atoms with E-state index in [2.05, 4.69) is 15.0 Å². The van der Waals surface area contributed by atoms with Crippen molar-refractivity contribution in [2.24, 2.45) is 10.2 Å². The fourth-order valence-electron chi connectivity index (χ4n) is 2.89. The lowest BCUT2D eigenvalue weighted by atomic mass is 9.97. The van der Waals surface area contributed by atoms with E-state index in [1.54, 1.807) is 24.3 Å². The minimum Gasteiger partial charge on any atom is -0.392 e. The molecule has 7 heteroatoms. The molecule has 0 aromatic heterocycles. The Hall–Kier alpha value is -2.25. The van der Waals surface area contributed by atoms with Crippen LogP contribution in [0.4, 0.5) is 17.1 Å². The fourth-order valence-corrected chi connectivity index (χ4v) is 4.53. The summed E-state index contributed by atoms with van der Waals surface area (Å²) in [6, 6.07) is 16.0. The number of azo groups is 1. The van der Waals surface area contributed by atoms with Crippen molar-refractivity contribution in [3.05, 3.63) is 54.6 Å². The van der Waals surface area contributed by atoms with Crippen molar-refractivity contribution in [2.75, 3.05) is 4.72 Å². The van der Waals surface area contributed by atoms with Gasteiger partial charge in [-0.2, -0.15) is 10.2 Å². The lowest BCUT2D eigenvalue weighted by Gasteiger charge is -2.27. The highest BCUT2D eigenvalue weighted by molar-refractivity contribution is 7.93. The van der Waals surface area contributed by atoms with E-state index in [4.69, 9.17) is 0 Å². The number of nitrogens with zero attached hydrogens (tertiary/aromatic N) is 2. The first-order valence-electron chi connectivity index (χ1n) is 8.31. The predicted octanol–water partition coefficient (Wildman–Crippen LogP) is 4.15. The van der Waals surface area contributed by atoms with E-state index in [9.17, 15) is 13.5 Å². The summed E-state index contributed by atoms with van der Waals surface area (Å²) >= 11 is 0. The first-order valence-corrected chi connectivity index (χ1v) is 9.86. The molecule has 0 saturated heterocycles. The normalized spacial score (nSPS) is 21.3. The largest absolute Gasteiger partial charge is 0.392 e. The molecule has 6 nitrogen and oxygen atoms in total. The minimum atomic E-state index is -3.61. The van der Waals surface area contributed by atoms with E-state index in [0.717, 1.165) is 18.5 Å². The Morgan fingerprint density at radius 3 is 2.12 bits per heavy atom. The van der Waals surface area contributed by atoms with Gasteiger partial charge in [-0.05, 0) is 49.2 Å². The first-order chi connectivity index (χ1) is 12.0. The highest BCUT2D eigenvalue weighted by atomic mass is 32.2. The van der Waals surface area contributed by atoms with E-state index in [1.807, 2.05) is 30.3 Å². The molecule has 1 aliphatic rings. The number of benzene rings is 2. The molecule has 1 saturated carbocycles. The monoisotopic (exact) mass is 359 g/mol. The van der Waals surface area contributed by atoms with Crippen LogP contribution >= 0.6 is 0 Å². The molecule has 2 N–H and O–H groups in total. The Bertz CT molecular complexity index is 820. The Morgan fingerprint density at radius 1 is 0.880 bits per heavy atom. The first kappa shape index (κ1) is 17.6. The Morgan fingerprint density at radius 2 is 1.48 bits per heavy atom. The zero-order valence-corrected chi connectivity index (χ0v) is 14.6. The van der Waals surface area contributed by atoms with Crippen LogP contribution < -0.4 is 4.72 Å².